The number of H-pyrrole nitrogens is 1. The zero-order chi connectivity index (χ0) is 19.0. The van der Waals surface area contributed by atoms with Crippen LogP contribution in [-0.2, 0) is 11.2 Å². The Morgan fingerprint density at radius 2 is 1.89 bits per heavy atom. The predicted octanol–water partition coefficient (Wildman–Crippen LogP) is 5.84. The van der Waals surface area contributed by atoms with E-state index in [1.54, 1.807) is 12.4 Å². The highest BCUT2D eigenvalue weighted by Crippen LogP contribution is 2.48. The van der Waals surface area contributed by atoms with Crippen LogP contribution in [0, 0.1) is 5.41 Å². The summed E-state index contributed by atoms with van der Waals surface area (Å²) >= 11 is 3.48. The van der Waals surface area contributed by atoms with Crippen LogP contribution in [0.4, 0.5) is 11.4 Å². The average Bonchev–Trinajstić information content (AvgIpc) is 3.00. The first-order valence-corrected chi connectivity index (χ1v) is 9.89. The van der Waals surface area contributed by atoms with Crippen molar-refractivity contribution in [1.82, 2.24) is 9.97 Å². The summed E-state index contributed by atoms with van der Waals surface area (Å²) in [4.78, 5) is 19.7. The van der Waals surface area contributed by atoms with Crippen LogP contribution in [0.25, 0.3) is 11.3 Å². The molecular weight excluding hydrogens is 402 g/mol. The summed E-state index contributed by atoms with van der Waals surface area (Å²) in [7, 11) is 0. The minimum Gasteiger partial charge on any atom is -0.356 e. The van der Waals surface area contributed by atoms with Gasteiger partial charge in [-0.25, -0.2) is 0 Å². The molecule has 1 aromatic carbocycles. The second-order valence-electron chi connectivity index (χ2n) is 7.92. The van der Waals surface area contributed by atoms with Crippen LogP contribution in [0.15, 0.2) is 53.3 Å². The molecule has 138 valence electrons. The second kappa shape index (κ2) is 6.97. The quantitative estimate of drug-likeness (QED) is 0.518. The highest BCUT2D eigenvalue weighted by molar-refractivity contribution is 9.10. The van der Waals surface area contributed by atoms with E-state index in [1.807, 2.05) is 36.4 Å². The molecule has 2 heterocycles. The Morgan fingerprint density at radius 3 is 2.56 bits per heavy atom. The molecule has 0 aliphatic heterocycles. The Labute approximate surface area is 167 Å². The molecule has 1 unspecified atom stereocenters. The molecule has 1 aliphatic rings. The molecule has 5 heteroatoms. The van der Waals surface area contributed by atoms with E-state index < -0.39 is 0 Å². The van der Waals surface area contributed by atoms with Gasteiger partial charge >= 0.3 is 0 Å². The monoisotopic (exact) mass is 423 g/mol. The lowest BCUT2D eigenvalue weighted by Gasteiger charge is -2.33. The minimum atomic E-state index is -0.117. The minimum absolute atomic E-state index is 0.0911. The van der Waals surface area contributed by atoms with E-state index in [1.165, 1.54) is 0 Å². The Kier molecular flexibility index (Phi) is 4.64. The van der Waals surface area contributed by atoms with Gasteiger partial charge in [0.25, 0.3) is 0 Å². The van der Waals surface area contributed by atoms with Gasteiger partial charge in [0.05, 0.1) is 11.4 Å². The number of benzene rings is 1. The number of carbonyl (C=O) groups excluding carboxylic acids is 1. The molecule has 0 spiro atoms. The van der Waals surface area contributed by atoms with Crippen molar-refractivity contribution in [3.8, 4) is 11.3 Å². The molecule has 0 saturated carbocycles. The third-order valence-corrected chi connectivity index (χ3v) is 5.69. The number of pyridine rings is 1. The molecule has 4 nitrogen and oxygen atoms in total. The van der Waals surface area contributed by atoms with Gasteiger partial charge in [-0.1, -0.05) is 29.8 Å². The van der Waals surface area contributed by atoms with E-state index in [0.29, 0.717) is 0 Å². The van der Waals surface area contributed by atoms with Crippen molar-refractivity contribution < 1.29 is 4.79 Å². The standard InChI is InChI=1S/C22H22BrN3O/c1-22(2)11-15(13-27)19-18(12-22)26-20(14-7-9-24-10-8-14)21(19)25-17-5-3-16(23)4-6-17/h3-10,13,15,25-26H,11-12H2,1-2H3. The van der Waals surface area contributed by atoms with Crippen molar-refractivity contribution in [2.45, 2.75) is 32.6 Å². The Morgan fingerprint density at radius 1 is 1.19 bits per heavy atom. The van der Waals surface area contributed by atoms with Crippen LogP contribution in [0.5, 0.6) is 0 Å². The molecule has 0 bridgehead atoms. The largest absolute Gasteiger partial charge is 0.356 e. The van der Waals surface area contributed by atoms with Gasteiger partial charge in [0.15, 0.2) is 0 Å². The number of rotatable bonds is 4. The van der Waals surface area contributed by atoms with E-state index in [-0.39, 0.29) is 11.3 Å². The van der Waals surface area contributed by atoms with Crippen molar-refractivity contribution in [3.63, 3.8) is 0 Å². The summed E-state index contributed by atoms with van der Waals surface area (Å²) in [6.45, 7) is 4.45. The number of anilines is 2. The van der Waals surface area contributed by atoms with Gasteiger partial charge in [0, 0.05) is 45.3 Å². The molecule has 1 atom stereocenters. The Hall–Kier alpha value is -2.40. The Bertz CT molecular complexity index is 961. The van der Waals surface area contributed by atoms with Crippen LogP contribution < -0.4 is 5.32 Å². The van der Waals surface area contributed by atoms with Crippen LogP contribution in [-0.4, -0.2) is 16.3 Å². The smallest absolute Gasteiger partial charge is 0.127 e. The van der Waals surface area contributed by atoms with Gasteiger partial charge in [-0.05, 0) is 54.7 Å². The number of halogens is 1. The fourth-order valence-corrected chi connectivity index (χ4v) is 4.29. The number of fused-ring (bicyclic) bond motifs is 1. The number of hydrogen-bond acceptors (Lipinski definition) is 3. The van der Waals surface area contributed by atoms with Crippen molar-refractivity contribution in [3.05, 3.63) is 64.5 Å². The predicted molar refractivity (Wildman–Crippen MR) is 112 cm³/mol. The van der Waals surface area contributed by atoms with Gasteiger partial charge in [-0.2, -0.15) is 0 Å². The van der Waals surface area contributed by atoms with Crippen LogP contribution >= 0.6 is 15.9 Å². The SMILES string of the molecule is CC1(C)Cc2[nH]c(-c3ccncc3)c(Nc3ccc(Br)cc3)c2C(C=O)C1. The third kappa shape index (κ3) is 3.56. The maximum absolute atomic E-state index is 11.9. The highest BCUT2D eigenvalue weighted by atomic mass is 79.9. The highest BCUT2D eigenvalue weighted by Gasteiger charge is 2.36. The van der Waals surface area contributed by atoms with E-state index in [2.05, 4.69) is 45.1 Å². The number of carbonyl (C=O) groups is 1. The van der Waals surface area contributed by atoms with E-state index in [4.69, 9.17) is 0 Å². The topological polar surface area (TPSA) is 57.8 Å². The van der Waals surface area contributed by atoms with E-state index in [0.717, 1.165) is 57.5 Å². The first-order chi connectivity index (χ1) is 13.0. The van der Waals surface area contributed by atoms with Crippen LogP contribution in [0.1, 0.15) is 37.4 Å². The molecule has 27 heavy (non-hydrogen) atoms. The normalized spacial score (nSPS) is 18.0. The molecule has 0 fully saturated rings. The number of hydrogen-bond donors (Lipinski definition) is 2. The maximum Gasteiger partial charge on any atom is 0.127 e. The lowest BCUT2D eigenvalue weighted by atomic mass is 9.71. The summed E-state index contributed by atoms with van der Waals surface area (Å²) in [6, 6.07) is 12.1. The average molecular weight is 424 g/mol. The number of nitrogens with zero attached hydrogens (tertiary/aromatic N) is 1. The summed E-state index contributed by atoms with van der Waals surface area (Å²) in [5, 5.41) is 3.57. The van der Waals surface area contributed by atoms with Gasteiger partial charge in [-0.15, -0.1) is 0 Å². The van der Waals surface area contributed by atoms with E-state index in [9.17, 15) is 4.79 Å². The van der Waals surface area contributed by atoms with Crippen molar-refractivity contribution in [2.24, 2.45) is 5.41 Å². The summed E-state index contributed by atoms with van der Waals surface area (Å²) in [6.07, 6.45) is 6.45. The van der Waals surface area contributed by atoms with Gasteiger partial charge < -0.3 is 15.1 Å². The first-order valence-electron chi connectivity index (χ1n) is 9.10. The fraction of sp³-hybridized carbons (Fsp3) is 0.273. The molecule has 0 saturated heterocycles. The number of aromatic amines is 1. The van der Waals surface area contributed by atoms with Gasteiger partial charge in [0.1, 0.15) is 6.29 Å². The van der Waals surface area contributed by atoms with Crippen LogP contribution in [0.2, 0.25) is 0 Å². The summed E-state index contributed by atoms with van der Waals surface area (Å²) < 4.78 is 1.03. The third-order valence-electron chi connectivity index (χ3n) is 5.17. The molecule has 1 aliphatic carbocycles. The number of aromatic nitrogens is 2. The second-order valence-corrected chi connectivity index (χ2v) is 8.84. The molecule has 4 rings (SSSR count). The molecule has 0 amide bonds. The molecule has 2 N–H and O–H groups in total. The van der Waals surface area contributed by atoms with Crippen molar-refractivity contribution >= 4 is 33.6 Å². The first kappa shape index (κ1) is 18.0. The van der Waals surface area contributed by atoms with Crippen molar-refractivity contribution in [1.29, 1.82) is 0 Å². The maximum atomic E-state index is 11.9. The van der Waals surface area contributed by atoms with Gasteiger partial charge in [-0.3, -0.25) is 4.98 Å². The molecule has 3 aromatic rings. The Balaban J connectivity index is 1.87. The number of aldehydes is 1. The van der Waals surface area contributed by atoms with Crippen molar-refractivity contribution in [2.75, 3.05) is 5.32 Å². The zero-order valence-corrected chi connectivity index (χ0v) is 17.0. The molecule has 2 aromatic heterocycles. The van der Waals surface area contributed by atoms with Gasteiger partial charge in [0.2, 0.25) is 0 Å². The zero-order valence-electron chi connectivity index (χ0n) is 15.4. The van der Waals surface area contributed by atoms with Crippen LogP contribution in [0.3, 0.4) is 0 Å². The lowest BCUT2D eigenvalue weighted by molar-refractivity contribution is -0.109. The fourth-order valence-electron chi connectivity index (χ4n) is 4.02. The molecular formula is C22H22BrN3O. The number of nitrogens with one attached hydrogen (secondary N) is 2. The van der Waals surface area contributed by atoms with E-state index >= 15 is 0 Å². The summed E-state index contributed by atoms with van der Waals surface area (Å²) in [5.74, 6) is -0.117. The lowest BCUT2D eigenvalue weighted by Crippen LogP contribution is -2.26. The molecule has 0 radical (unpaired) electrons. The summed E-state index contributed by atoms with van der Waals surface area (Å²) in [5.41, 5.74) is 6.38.